The van der Waals surface area contributed by atoms with Crippen molar-refractivity contribution < 1.29 is 47.6 Å². The summed E-state index contributed by atoms with van der Waals surface area (Å²) in [4.78, 5) is 41.3. The van der Waals surface area contributed by atoms with E-state index in [0.717, 1.165) is 23.1 Å². The van der Waals surface area contributed by atoms with Crippen LogP contribution in [-0.2, 0) is 42.2 Å². The molecule has 2 heterocycles. The van der Waals surface area contributed by atoms with E-state index in [0.29, 0.717) is 80.7 Å². The number of aromatic nitrogens is 1. The lowest BCUT2D eigenvalue weighted by molar-refractivity contribution is -0.122. The van der Waals surface area contributed by atoms with Gasteiger partial charge < -0.3 is 44.7 Å². The van der Waals surface area contributed by atoms with Gasteiger partial charge in [0, 0.05) is 48.3 Å². The van der Waals surface area contributed by atoms with Crippen LogP contribution < -0.4 is 25.4 Å². The van der Waals surface area contributed by atoms with E-state index in [2.05, 4.69) is 46.9 Å². The molecule has 0 aliphatic carbocycles. The van der Waals surface area contributed by atoms with Crippen molar-refractivity contribution in [3.8, 4) is 28.4 Å². The molecule has 13 nitrogen and oxygen atoms in total. The van der Waals surface area contributed by atoms with Gasteiger partial charge in [0.1, 0.15) is 18.2 Å². The van der Waals surface area contributed by atoms with Crippen molar-refractivity contribution in [2.24, 2.45) is 5.92 Å². The van der Waals surface area contributed by atoms with Crippen LogP contribution >= 0.6 is 11.3 Å². The molecular weight excluding hydrogens is 840 g/mol. The summed E-state index contributed by atoms with van der Waals surface area (Å²) in [5.41, 5.74) is 4.24. The molecule has 4 aromatic carbocycles. The molecule has 15 heteroatoms. The Hall–Kier alpha value is -5.71. The lowest BCUT2D eigenvalue weighted by atomic mass is 9.81. The fraction of sp³-hybridized carbons (Fsp3) is 0.388. The van der Waals surface area contributed by atoms with Crippen molar-refractivity contribution in [2.75, 3.05) is 64.7 Å². The van der Waals surface area contributed by atoms with Gasteiger partial charge in [0.25, 0.3) is 0 Å². The second kappa shape index (κ2) is 23.3. The zero-order chi connectivity index (χ0) is 45.5. The van der Waals surface area contributed by atoms with Gasteiger partial charge in [0.15, 0.2) is 16.6 Å². The molecule has 1 aliphatic rings. The molecule has 64 heavy (non-hydrogen) atoms. The number of anilines is 1. The van der Waals surface area contributed by atoms with E-state index in [9.17, 15) is 19.5 Å². The first-order valence-corrected chi connectivity index (χ1v) is 22.4. The van der Waals surface area contributed by atoms with Crippen molar-refractivity contribution in [3.63, 3.8) is 0 Å². The van der Waals surface area contributed by atoms with E-state index < -0.39 is 17.3 Å². The van der Waals surface area contributed by atoms with Crippen LogP contribution in [0, 0.1) is 11.7 Å². The molecule has 2 atom stereocenters. The van der Waals surface area contributed by atoms with Crippen LogP contribution in [-0.4, -0.2) is 87.2 Å². The van der Waals surface area contributed by atoms with E-state index in [4.69, 9.17) is 23.7 Å². The Bertz CT molecular complexity index is 2310. The predicted molar refractivity (Wildman–Crippen MR) is 244 cm³/mol. The fourth-order valence-corrected chi connectivity index (χ4v) is 7.99. The zero-order valence-corrected chi connectivity index (χ0v) is 37.6. The lowest BCUT2D eigenvalue weighted by Gasteiger charge is -2.37. The summed E-state index contributed by atoms with van der Waals surface area (Å²) in [6.45, 7) is 11.6. The van der Waals surface area contributed by atoms with Gasteiger partial charge in [-0.25, -0.2) is 14.2 Å². The quantitative estimate of drug-likeness (QED) is 0.0440. The minimum atomic E-state index is -1.07. The molecule has 1 unspecified atom stereocenters. The molecule has 340 valence electrons. The normalized spacial score (nSPS) is 15.0. The number of carbonyl (C=O) groups excluding carboxylic acids is 2. The third kappa shape index (κ3) is 13.6. The SMILES string of the molecule is CC(C)Cc1ccc(C(C)C(=O)NCCOCCOCCOCCOc2cc3c(cc2Oc2ccc(-c4ccc(C(=O)O)cc4)c(F)c2)[C@@](C)(CC(=O)Nc2nccs2)NCC3)cc1. The van der Waals surface area contributed by atoms with Crippen LogP contribution in [0.5, 0.6) is 17.2 Å². The number of aromatic carboxylic acids is 1. The minimum absolute atomic E-state index is 0.0386. The number of carbonyl (C=O) groups is 3. The van der Waals surface area contributed by atoms with Gasteiger partial charge >= 0.3 is 5.97 Å². The molecule has 4 N–H and O–H groups in total. The molecule has 0 spiro atoms. The first kappa shape index (κ1) is 47.8. The van der Waals surface area contributed by atoms with Crippen LogP contribution in [0.25, 0.3) is 11.1 Å². The molecule has 0 fully saturated rings. The fourth-order valence-electron chi connectivity index (χ4n) is 7.44. The van der Waals surface area contributed by atoms with Gasteiger partial charge in [-0.1, -0.05) is 50.2 Å². The van der Waals surface area contributed by atoms with Gasteiger partial charge in [-0.2, -0.15) is 0 Å². The third-order valence-electron chi connectivity index (χ3n) is 10.8. The lowest BCUT2D eigenvalue weighted by Crippen LogP contribution is -2.47. The van der Waals surface area contributed by atoms with E-state index >= 15 is 4.39 Å². The first-order valence-electron chi connectivity index (χ1n) is 21.5. The summed E-state index contributed by atoms with van der Waals surface area (Å²) in [6, 6.07) is 22.4. The van der Waals surface area contributed by atoms with Gasteiger partial charge in [0.05, 0.1) is 51.1 Å². The van der Waals surface area contributed by atoms with Crippen molar-refractivity contribution in [1.29, 1.82) is 0 Å². The van der Waals surface area contributed by atoms with Gasteiger partial charge in [-0.15, -0.1) is 11.3 Å². The molecule has 6 rings (SSSR count). The van der Waals surface area contributed by atoms with Crippen molar-refractivity contribution >= 4 is 34.3 Å². The molecule has 1 aromatic heterocycles. The molecule has 5 aromatic rings. The van der Waals surface area contributed by atoms with Gasteiger partial charge in [-0.3, -0.25) is 9.59 Å². The number of hydrogen-bond acceptors (Lipinski definition) is 11. The third-order valence-corrected chi connectivity index (χ3v) is 11.5. The number of benzene rings is 4. The van der Waals surface area contributed by atoms with Crippen LogP contribution in [0.3, 0.4) is 0 Å². The Morgan fingerprint density at radius 2 is 1.58 bits per heavy atom. The highest BCUT2D eigenvalue weighted by Crippen LogP contribution is 2.42. The van der Waals surface area contributed by atoms with E-state index in [1.165, 1.54) is 35.1 Å². The smallest absolute Gasteiger partial charge is 0.335 e. The minimum Gasteiger partial charge on any atom is -0.487 e. The molecular formula is C49H57FN4O9S. The predicted octanol–water partition coefficient (Wildman–Crippen LogP) is 8.38. The first-order chi connectivity index (χ1) is 30.9. The van der Waals surface area contributed by atoms with Gasteiger partial charge in [-0.05, 0) is 96.8 Å². The number of rotatable bonds is 24. The second-order valence-electron chi connectivity index (χ2n) is 16.2. The number of ether oxygens (including phenoxy) is 5. The van der Waals surface area contributed by atoms with Crippen molar-refractivity contribution in [1.82, 2.24) is 15.6 Å². The number of thiazole rings is 1. The maximum atomic E-state index is 15.6. The highest BCUT2D eigenvalue weighted by Gasteiger charge is 2.35. The number of carboxylic acid groups (broad SMARTS) is 1. The number of amides is 2. The summed E-state index contributed by atoms with van der Waals surface area (Å²) >= 11 is 1.34. The number of carboxylic acids is 1. The number of nitrogens with one attached hydrogen (secondary N) is 3. The molecule has 2 amide bonds. The molecule has 0 radical (unpaired) electrons. The zero-order valence-electron chi connectivity index (χ0n) is 36.7. The van der Waals surface area contributed by atoms with Crippen LogP contribution in [0.1, 0.15) is 72.6 Å². The van der Waals surface area contributed by atoms with Crippen LogP contribution in [0.2, 0.25) is 0 Å². The molecule has 1 aliphatic heterocycles. The van der Waals surface area contributed by atoms with Gasteiger partial charge in [0.2, 0.25) is 11.8 Å². The maximum Gasteiger partial charge on any atom is 0.335 e. The Balaban J connectivity index is 0.977. The monoisotopic (exact) mass is 896 g/mol. The summed E-state index contributed by atoms with van der Waals surface area (Å²) in [7, 11) is 0. The molecule has 0 saturated carbocycles. The number of halogens is 1. The molecule has 0 saturated heterocycles. The molecule has 0 bridgehead atoms. The average molecular weight is 897 g/mol. The largest absolute Gasteiger partial charge is 0.487 e. The van der Waals surface area contributed by atoms with E-state index in [-0.39, 0.29) is 54.2 Å². The average Bonchev–Trinajstić information content (AvgIpc) is 3.78. The standard InChI is InChI=1S/C49H57FN4O9S/c1-32(2)27-34-5-7-35(8-6-34)33(3)46(56)51-17-19-59-20-21-60-22-23-61-24-25-62-43-28-38-15-16-53-49(4,31-45(55)54-48-52-18-26-64-48)41(38)30-44(43)63-39-13-14-40(42(50)29-39)36-9-11-37(12-10-36)47(57)58/h5-14,18,26,28-30,32-33,53H,15-17,19-25,27,31H2,1-4H3,(H,51,56)(H,57,58)(H,52,54,55)/t33?,49-/m1/s1. The van der Waals surface area contributed by atoms with E-state index in [1.807, 2.05) is 38.1 Å². The van der Waals surface area contributed by atoms with E-state index in [1.54, 1.807) is 35.8 Å². The summed E-state index contributed by atoms with van der Waals surface area (Å²) in [5.74, 6) is -0.545. The summed E-state index contributed by atoms with van der Waals surface area (Å²) in [6.07, 6.45) is 3.45. The Morgan fingerprint density at radius 3 is 2.23 bits per heavy atom. The highest BCUT2D eigenvalue weighted by molar-refractivity contribution is 7.13. The van der Waals surface area contributed by atoms with Crippen LogP contribution in [0.15, 0.2) is 90.4 Å². The highest BCUT2D eigenvalue weighted by atomic mass is 32.1. The number of fused-ring (bicyclic) bond motifs is 1. The second-order valence-corrected chi connectivity index (χ2v) is 17.1. The Morgan fingerprint density at radius 1 is 0.875 bits per heavy atom. The summed E-state index contributed by atoms with van der Waals surface area (Å²) < 4.78 is 45.1. The van der Waals surface area contributed by atoms with Crippen molar-refractivity contribution in [2.45, 2.75) is 58.4 Å². The summed E-state index contributed by atoms with van der Waals surface area (Å²) in [5, 5.41) is 20.9. The number of hydrogen-bond donors (Lipinski definition) is 4. The maximum absolute atomic E-state index is 15.6. The van der Waals surface area contributed by atoms with Crippen molar-refractivity contribution in [3.05, 3.63) is 124 Å². The Kier molecular flexibility index (Phi) is 17.4. The topological polar surface area (TPSA) is 167 Å². The Labute approximate surface area is 377 Å². The number of nitrogens with zero attached hydrogens (tertiary/aromatic N) is 1. The van der Waals surface area contributed by atoms with Crippen LogP contribution in [0.4, 0.5) is 9.52 Å².